The SMILES string of the molecule is CCOC(=O)C1(C(=O)OCC)C(OCc2ccccc2)C(=O)N1c1ccc(OC)cc1. The monoisotopic (exact) mass is 427 g/mol. The van der Waals surface area contributed by atoms with Crippen LogP contribution in [0, 0.1) is 0 Å². The van der Waals surface area contributed by atoms with Gasteiger partial charge < -0.3 is 18.9 Å². The van der Waals surface area contributed by atoms with Crippen LogP contribution >= 0.6 is 0 Å². The van der Waals surface area contributed by atoms with Crippen molar-refractivity contribution in [2.45, 2.75) is 32.1 Å². The lowest BCUT2D eigenvalue weighted by Gasteiger charge is -2.52. The van der Waals surface area contributed by atoms with E-state index in [9.17, 15) is 14.4 Å². The third kappa shape index (κ3) is 3.98. The minimum absolute atomic E-state index is 0.0238. The highest BCUT2D eigenvalue weighted by atomic mass is 16.6. The van der Waals surface area contributed by atoms with E-state index in [0.29, 0.717) is 11.4 Å². The van der Waals surface area contributed by atoms with E-state index >= 15 is 0 Å². The Bertz CT molecular complexity index is 909. The first kappa shape index (κ1) is 22.3. The zero-order valence-electron chi connectivity index (χ0n) is 17.7. The molecule has 0 N–H and O–H groups in total. The number of ether oxygens (including phenoxy) is 4. The quantitative estimate of drug-likeness (QED) is 0.345. The smallest absolute Gasteiger partial charge is 0.347 e. The van der Waals surface area contributed by atoms with Crippen molar-refractivity contribution in [3.05, 3.63) is 60.2 Å². The topological polar surface area (TPSA) is 91.4 Å². The predicted molar refractivity (Wildman–Crippen MR) is 111 cm³/mol. The van der Waals surface area contributed by atoms with Gasteiger partial charge in [-0.15, -0.1) is 0 Å². The van der Waals surface area contributed by atoms with Gasteiger partial charge in [-0.25, -0.2) is 9.59 Å². The zero-order chi connectivity index (χ0) is 22.4. The molecule has 2 aromatic rings. The molecule has 1 atom stereocenters. The van der Waals surface area contributed by atoms with Gasteiger partial charge in [0.2, 0.25) is 0 Å². The molecule has 2 aromatic carbocycles. The predicted octanol–water partition coefficient (Wildman–Crippen LogP) is 2.49. The molecule has 164 valence electrons. The van der Waals surface area contributed by atoms with Gasteiger partial charge in [-0.05, 0) is 43.7 Å². The first-order valence-electron chi connectivity index (χ1n) is 9.98. The molecule has 1 unspecified atom stereocenters. The Hall–Kier alpha value is -3.39. The molecule has 0 saturated carbocycles. The fourth-order valence-electron chi connectivity index (χ4n) is 3.49. The van der Waals surface area contributed by atoms with Crippen molar-refractivity contribution in [2.24, 2.45) is 0 Å². The van der Waals surface area contributed by atoms with Crippen molar-refractivity contribution in [1.29, 1.82) is 0 Å². The molecule has 1 fully saturated rings. The highest BCUT2D eigenvalue weighted by molar-refractivity contribution is 6.27. The highest BCUT2D eigenvalue weighted by Gasteiger charge is 2.73. The third-order valence-corrected chi connectivity index (χ3v) is 4.94. The van der Waals surface area contributed by atoms with Gasteiger partial charge in [-0.1, -0.05) is 30.3 Å². The summed E-state index contributed by atoms with van der Waals surface area (Å²) in [7, 11) is 1.51. The number of nitrogens with zero attached hydrogens (tertiary/aromatic N) is 1. The molecule has 1 aliphatic heterocycles. The molecule has 0 aromatic heterocycles. The van der Waals surface area contributed by atoms with Crippen LogP contribution < -0.4 is 9.64 Å². The number of benzene rings is 2. The number of rotatable bonds is 9. The Kier molecular flexibility index (Phi) is 6.91. The van der Waals surface area contributed by atoms with Crippen molar-refractivity contribution < 1.29 is 33.3 Å². The number of amides is 1. The van der Waals surface area contributed by atoms with Crippen LogP contribution in [0.2, 0.25) is 0 Å². The maximum atomic E-state index is 13.1. The molecule has 1 saturated heterocycles. The molecule has 8 nitrogen and oxygen atoms in total. The fraction of sp³-hybridized carbons (Fsp3) is 0.348. The van der Waals surface area contributed by atoms with Crippen LogP contribution in [-0.2, 0) is 35.2 Å². The molecule has 0 bridgehead atoms. The van der Waals surface area contributed by atoms with Gasteiger partial charge in [0, 0.05) is 5.69 Å². The van der Waals surface area contributed by atoms with Crippen molar-refractivity contribution in [3.8, 4) is 5.75 Å². The summed E-state index contributed by atoms with van der Waals surface area (Å²) in [6.07, 6.45) is -1.38. The Morgan fingerprint density at radius 1 is 0.935 bits per heavy atom. The number of carbonyl (C=O) groups is 3. The van der Waals surface area contributed by atoms with Gasteiger partial charge in [-0.2, -0.15) is 0 Å². The molecule has 3 rings (SSSR count). The van der Waals surface area contributed by atoms with Gasteiger partial charge >= 0.3 is 11.9 Å². The second kappa shape index (κ2) is 9.61. The number of hydrogen-bond donors (Lipinski definition) is 0. The molecule has 31 heavy (non-hydrogen) atoms. The molecular formula is C23H25NO7. The first-order valence-corrected chi connectivity index (χ1v) is 9.98. The van der Waals surface area contributed by atoms with E-state index in [1.807, 2.05) is 30.3 Å². The summed E-state index contributed by atoms with van der Waals surface area (Å²) in [6, 6.07) is 15.6. The molecule has 0 radical (unpaired) electrons. The van der Waals surface area contributed by atoms with Crippen molar-refractivity contribution in [2.75, 3.05) is 25.2 Å². The standard InChI is InChI=1S/C23H25NO7/c1-4-29-21(26)23(22(27)30-5-2)19(31-15-16-9-7-6-8-10-16)20(25)24(23)17-11-13-18(28-3)14-12-17/h6-14,19H,4-5,15H2,1-3H3. The van der Waals surface area contributed by atoms with Crippen LogP contribution in [-0.4, -0.2) is 49.8 Å². The number of methoxy groups -OCH3 is 1. The van der Waals surface area contributed by atoms with Gasteiger partial charge in [0.15, 0.2) is 6.10 Å². The van der Waals surface area contributed by atoms with Crippen LogP contribution in [0.1, 0.15) is 19.4 Å². The second-order valence-corrected chi connectivity index (χ2v) is 6.76. The van der Waals surface area contributed by atoms with Crippen LogP contribution in [0.15, 0.2) is 54.6 Å². The van der Waals surface area contributed by atoms with Crippen LogP contribution in [0.4, 0.5) is 5.69 Å². The number of carbonyl (C=O) groups excluding carboxylic acids is 3. The van der Waals surface area contributed by atoms with E-state index < -0.39 is 29.5 Å². The van der Waals surface area contributed by atoms with Crippen LogP contribution in [0.5, 0.6) is 5.75 Å². The summed E-state index contributed by atoms with van der Waals surface area (Å²) >= 11 is 0. The third-order valence-electron chi connectivity index (χ3n) is 4.94. The van der Waals surface area contributed by atoms with Crippen LogP contribution in [0.25, 0.3) is 0 Å². The minimum atomic E-state index is -2.08. The van der Waals surface area contributed by atoms with E-state index in [0.717, 1.165) is 10.5 Å². The Morgan fingerprint density at radius 2 is 1.52 bits per heavy atom. The number of esters is 2. The van der Waals surface area contributed by atoms with E-state index in [1.165, 1.54) is 7.11 Å². The average molecular weight is 427 g/mol. The zero-order valence-corrected chi connectivity index (χ0v) is 17.7. The Balaban J connectivity index is 2.02. The summed E-state index contributed by atoms with van der Waals surface area (Å²) in [5, 5.41) is 0. The Labute approximate surface area is 180 Å². The van der Waals surface area contributed by atoms with E-state index in [-0.39, 0.29) is 19.8 Å². The van der Waals surface area contributed by atoms with E-state index in [4.69, 9.17) is 18.9 Å². The summed E-state index contributed by atoms with van der Waals surface area (Å²) < 4.78 is 21.4. The normalized spacial score (nSPS) is 16.9. The number of hydrogen-bond acceptors (Lipinski definition) is 7. The van der Waals surface area contributed by atoms with Crippen molar-refractivity contribution in [3.63, 3.8) is 0 Å². The van der Waals surface area contributed by atoms with Gasteiger partial charge in [0.1, 0.15) is 5.75 Å². The lowest BCUT2D eigenvalue weighted by Crippen LogP contribution is -2.83. The largest absolute Gasteiger partial charge is 0.497 e. The summed E-state index contributed by atoms with van der Waals surface area (Å²) in [5.41, 5.74) is -0.960. The summed E-state index contributed by atoms with van der Waals surface area (Å²) in [5.74, 6) is -1.78. The minimum Gasteiger partial charge on any atom is -0.497 e. The molecule has 1 amide bonds. The van der Waals surface area contributed by atoms with Gasteiger partial charge in [0.05, 0.1) is 26.9 Å². The Morgan fingerprint density at radius 3 is 2.03 bits per heavy atom. The lowest BCUT2D eigenvalue weighted by atomic mass is 9.79. The molecule has 0 aliphatic carbocycles. The van der Waals surface area contributed by atoms with Crippen molar-refractivity contribution in [1.82, 2.24) is 0 Å². The van der Waals surface area contributed by atoms with Gasteiger partial charge in [-0.3, -0.25) is 9.69 Å². The fourth-order valence-corrected chi connectivity index (χ4v) is 3.49. The maximum absolute atomic E-state index is 13.1. The van der Waals surface area contributed by atoms with Crippen LogP contribution in [0.3, 0.4) is 0 Å². The molecule has 1 heterocycles. The number of β-lactam (4-membered cyclic amide) rings is 1. The molecule has 1 aliphatic rings. The summed E-state index contributed by atoms with van der Waals surface area (Å²) in [4.78, 5) is 40.4. The number of anilines is 1. The summed E-state index contributed by atoms with van der Waals surface area (Å²) in [6.45, 7) is 3.32. The lowest BCUT2D eigenvalue weighted by molar-refractivity contribution is -0.187. The van der Waals surface area contributed by atoms with E-state index in [1.54, 1.807) is 38.1 Å². The van der Waals surface area contributed by atoms with Crippen molar-refractivity contribution >= 4 is 23.5 Å². The average Bonchev–Trinajstić information content (AvgIpc) is 2.78. The molecular weight excluding hydrogens is 402 g/mol. The van der Waals surface area contributed by atoms with Gasteiger partial charge in [0.25, 0.3) is 11.4 Å². The van der Waals surface area contributed by atoms with E-state index in [2.05, 4.69) is 0 Å². The molecule has 8 heteroatoms. The second-order valence-electron chi connectivity index (χ2n) is 6.76. The molecule has 0 spiro atoms. The highest BCUT2D eigenvalue weighted by Crippen LogP contribution is 2.42. The first-order chi connectivity index (χ1) is 15.0. The maximum Gasteiger partial charge on any atom is 0.347 e.